The number of nitrogens with one attached hydrogen (secondary N) is 1. The number of thioether (sulfide) groups is 1. The lowest BCUT2D eigenvalue weighted by molar-refractivity contribution is -0.152. The number of carbonyl (C=O) groups excluding carboxylic acids is 1. The zero-order valence-electron chi connectivity index (χ0n) is 9.84. The second-order valence-corrected chi connectivity index (χ2v) is 5.14. The summed E-state index contributed by atoms with van der Waals surface area (Å²) >= 11 is 1.85. The van der Waals surface area contributed by atoms with Crippen molar-refractivity contribution in [3.05, 3.63) is 0 Å². The highest BCUT2D eigenvalue weighted by atomic mass is 32.2. The first kappa shape index (κ1) is 12.8. The Morgan fingerprint density at radius 1 is 1.67 bits per heavy atom. The third kappa shape index (κ3) is 2.88. The molecule has 0 heterocycles. The normalized spacial score (nSPS) is 31.3. The highest BCUT2D eigenvalue weighted by molar-refractivity contribution is 7.99. The van der Waals surface area contributed by atoms with Crippen molar-refractivity contribution >= 4 is 17.7 Å². The lowest BCUT2D eigenvalue weighted by Crippen LogP contribution is -2.54. The van der Waals surface area contributed by atoms with E-state index < -0.39 is 5.54 Å². The molecule has 1 aliphatic rings. The maximum absolute atomic E-state index is 11.9. The van der Waals surface area contributed by atoms with Gasteiger partial charge in [0.2, 0.25) is 0 Å². The van der Waals surface area contributed by atoms with E-state index in [4.69, 9.17) is 4.74 Å². The maximum atomic E-state index is 11.9. The molecule has 88 valence electrons. The maximum Gasteiger partial charge on any atom is 0.326 e. The van der Waals surface area contributed by atoms with Crippen LogP contribution < -0.4 is 5.32 Å². The number of carbonyl (C=O) groups is 1. The molecule has 0 spiro atoms. The molecule has 1 fully saturated rings. The van der Waals surface area contributed by atoms with Crippen molar-refractivity contribution in [2.24, 2.45) is 0 Å². The molecule has 0 aromatic heterocycles. The van der Waals surface area contributed by atoms with E-state index in [1.807, 2.05) is 25.7 Å². The molecule has 1 saturated carbocycles. The highest BCUT2D eigenvalue weighted by Crippen LogP contribution is 2.34. The van der Waals surface area contributed by atoms with Gasteiger partial charge in [0, 0.05) is 5.25 Å². The fraction of sp³-hybridized carbons (Fsp3) is 0.909. The Balaban J connectivity index is 2.69. The number of rotatable bonds is 4. The minimum atomic E-state index is -0.429. The molecule has 1 N–H and O–H groups in total. The van der Waals surface area contributed by atoms with E-state index in [0.717, 1.165) is 19.3 Å². The molecule has 15 heavy (non-hydrogen) atoms. The van der Waals surface area contributed by atoms with Gasteiger partial charge in [-0.1, -0.05) is 0 Å². The molecule has 4 heteroatoms. The van der Waals surface area contributed by atoms with Gasteiger partial charge in [-0.15, -0.1) is 0 Å². The molecule has 2 atom stereocenters. The van der Waals surface area contributed by atoms with Crippen molar-refractivity contribution in [3.63, 3.8) is 0 Å². The molecule has 3 nitrogen and oxygen atoms in total. The second-order valence-electron chi connectivity index (χ2n) is 4.01. The van der Waals surface area contributed by atoms with Gasteiger partial charge in [0.25, 0.3) is 0 Å². The van der Waals surface area contributed by atoms with Gasteiger partial charge in [-0.05, 0) is 45.9 Å². The molecule has 1 rings (SSSR count). The standard InChI is InChI=1S/C11H21NO2S/c1-4-14-10(13)11(12-2)7-5-6-9(8-11)15-3/h9,12H,4-8H2,1-3H3. The summed E-state index contributed by atoms with van der Waals surface area (Å²) in [5.74, 6) is -0.0775. The number of hydrogen-bond donors (Lipinski definition) is 1. The monoisotopic (exact) mass is 231 g/mol. The summed E-state index contributed by atoms with van der Waals surface area (Å²) in [6, 6.07) is 0. The second kappa shape index (κ2) is 5.75. The Morgan fingerprint density at radius 3 is 2.93 bits per heavy atom. The molecular formula is C11H21NO2S. The van der Waals surface area contributed by atoms with Crippen molar-refractivity contribution in [2.75, 3.05) is 19.9 Å². The van der Waals surface area contributed by atoms with Gasteiger partial charge in [0.05, 0.1) is 6.61 Å². The Labute approximate surface area is 96.3 Å². The Bertz CT molecular complexity index is 223. The van der Waals surface area contributed by atoms with Crippen LogP contribution in [0.15, 0.2) is 0 Å². The minimum absolute atomic E-state index is 0.0775. The summed E-state index contributed by atoms with van der Waals surface area (Å²) in [6.45, 7) is 2.32. The smallest absolute Gasteiger partial charge is 0.326 e. The molecule has 0 bridgehead atoms. The molecular weight excluding hydrogens is 210 g/mol. The average Bonchev–Trinajstić information content (AvgIpc) is 2.29. The SMILES string of the molecule is CCOC(=O)C1(NC)CCCC(SC)C1. The topological polar surface area (TPSA) is 38.3 Å². The predicted octanol–water partition coefficient (Wildman–Crippen LogP) is 1.81. The van der Waals surface area contributed by atoms with Crippen molar-refractivity contribution < 1.29 is 9.53 Å². The van der Waals surface area contributed by atoms with E-state index in [2.05, 4.69) is 11.6 Å². The lowest BCUT2D eigenvalue weighted by atomic mass is 9.81. The third-order valence-corrected chi connectivity index (χ3v) is 4.25. The van der Waals surface area contributed by atoms with E-state index in [1.165, 1.54) is 6.42 Å². The first-order chi connectivity index (χ1) is 7.18. The number of esters is 1. The van der Waals surface area contributed by atoms with Crippen LogP contribution >= 0.6 is 11.8 Å². The zero-order chi connectivity index (χ0) is 11.3. The third-order valence-electron chi connectivity index (χ3n) is 3.18. The van der Waals surface area contributed by atoms with Crippen molar-refractivity contribution in [3.8, 4) is 0 Å². The Hall–Kier alpha value is -0.220. The molecule has 0 aromatic rings. The number of hydrogen-bond acceptors (Lipinski definition) is 4. The molecule has 0 amide bonds. The van der Waals surface area contributed by atoms with Crippen LogP contribution in [0.5, 0.6) is 0 Å². The first-order valence-electron chi connectivity index (χ1n) is 5.57. The van der Waals surface area contributed by atoms with Crippen molar-refractivity contribution in [1.29, 1.82) is 0 Å². The summed E-state index contributed by atoms with van der Waals surface area (Å²) in [6.07, 6.45) is 6.22. The van der Waals surface area contributed by atoms with E-state index in [-0.39, 0.29) is 5.97 Å². The highest BCUT2D eigenvalue weighted by Gasteiger charge is 2.42. The number of likely N-dealkylation sites (N-methyl/N-ethyl adjacent to an activating group) is 1. The summed E-state index contributed by atoms with van der Waals surface area (Å²) in [4.78, 5) is 11.9. The first-order valence-corrected chi connectivity index (χ1v) is 6.86. The van der Waals surface area contributed by atoms with Crippen LogP contribution in [0.25, 0.3) is 0 Å². The Morgan fingerprint density at radius 2 is 2.40 bits per heavy atom. The molecule has 0 aliphatic heterocycles. The van der Waals surface area contributed by atoms with E-state index in [0.29, 0.717) is 11.9 Å². The zero-order valence-corrected chi connectivity index (χ0v) is 10.7. The van der Waals surface area contributed by atoms with Crippen LogP contribution in [0.2, 0.25) is 0 Å². The van der Waals surface area contributed by atoms with Gasteiger partial charge < -0.3 is 10.1 Å². The molecule has 1 aliphatic carbocycles. The van der Waals surface area contributed by atoms with Crippen molar-refractivity contribution in [1.82, 2.24) is 5.32 Å². The predicted molar refractivity (Wildman–Crippen MR) is 64.2 cm³/mol. The van der Waals surface area contributed by atoms with Gasteiger partial charge in [0.1, 0.15) is 5.54 Å². The fourth-order valence-electron chi connectivity index (χ4n) is 2.21. The van der Waals surface area contributed by atoms with Crippen LogP contribution in [-0.2, 0) is 9.53 Å². The molecule has 0 saturated heterocycles. The summed E-state index contributed by atoms with van der Waals surface area (Å²) in [7, 11) is 1.86. The molecule has 0 aromatic carbocycles. The average molecular weight is 231 g/mol. The van der Waals surface area contributed by atoms with Gasteiger partial charge in [-0.25, -0.2) is 0 Å². The molecule has 2 unspecified atom stereocenters. The van der Waals surface area contributed by atoms with Crippen LogP contribution in [0, 0.1) is 0 Å². The fourth-order valence-corrected chi connectivity index (χ4v) is 3.06. The minimum Gasteiger partial charge on any atom is -0.465 e. The summed E-state index contributed by atoms with van der Waals surface area (Å²) < 4.78 is 5.16. The van der Waals surface area contributed by atoms with Crippen LogP contribution in [0.3, 0.4) is 0 Å². The van der Waals surface area contributed by atoms with E-state index >= 15 is 0 Å². The van der Waals surface area contributed by atoms with Gasteiger partial charge in [-0.2, -0.15) is 11.8 Å². The van der Waals surface area contributed by atoms with E-state index in [1.54, 1.807) is 0 Å². The van der Waals surface area contributed by atoms with Crippen molar-refractivity contribution in [2.45, 2.75) is 43.4 Å². The van der Waals surface area contributed by atoms with Gasteiger partial charge in [0.15, 0.2) is 0 Å². The summed E-state index contributed by atoms with van der Waals surface area (Å²) in [5.41, 5.74) is -0.429. The van der Waals surface area contributed by atoms with Crippen LogP contribution in [0.4, 0.5) is 0 Å². The van der Waals surface area contributed by atoms with Gasteiger partial charge >= 0.3 is 5.97 Å². The largest absolute Gasteiger partial charge is 0.465 e. The molecule has 0 radical (unpaired) electrons. The van der Waals surface area contributed by atoms with Crippen LogP contribution in [0.1, 0.15) is 32.6 Å². The quantitative estimate of drug-likeness (QED) is 0.749. The lowest BCUT2D eigenvalue weighted by Gasteiger charge is -2.38. The number of ether oxygens (including phenoxy) is 1. The Kier molecular flexibility index (Phi) is 4.93. The summed E-state index contributed by atoms with van der Waals surface area (Å²) in [5, 5.41) is 3.76. The van der Waals surface area contributed by atoms with E-state index in [9.17, 15) is 4.79 Å². The van der Waals surface area contributed by atoms with Gasteiger partial charge in [-0.3, -0.25) is 4.79 Å². The van der Waals surface area contributed by atoms with Crippen LogP contribution in [-0.4, -0.2) is 36.7 Å².